The number of benzene rings is 1. The van der Waals surface area contributed by atoms with Gasteiger partial charge >= 0.3 is 6.09 Å². The van der Waals surface area contributed by atoms with E-state index in [4.69, 9.17) is 9.47 Å². The predicted octanol–water partition coefficient (Wildman–Crippen LogP) is 3.91. The van der Waals surface area contributed by atoms with E-state index in [0.29, 0.717) is 12.3 Å². The highest BCUT2D eigenvalue weighted by atomic mass is 16.6. The van der Waals surface area contributed by atoms with Crippen molar-refractivity contribution in [2.24, 2.45) is 7.05 Å². The molecule has 3 rings (SSSR count). The van der Waals surface area contributed by atoms with Crippen molar-refractivity contribution in [3.8, 4) is 17.0 Å². The van der Waals surface area contributed by atoms with Gasteiger partial charge in [-0.3, -0.25) is 14.9 Å². The second-order valence-corrected chi connectivity index (χ2v) is 7.38. The van der Waals surface area contributed by atoms with Gasteiger partial charge in [0.05, 0.1) is 11.8 Å². The summed E-state index contributed by atoms with van der Waals surface area (Å²) in [7, 11) is 1.89. The van der Waals surface area contributed by atoms with Crippen molar-refractivity contribution in [1.29, 1.82) is 0 Å². The molecule has 1 aromatic carbocycles. The number of nitrogens with zero attached hydrogens (tertiary/aromatic N) is 3. The van der Waals surface area contributed by atoms with Gasteiger partial charge in [-0.1, -0.05) is 6.42 Å². The first kappa shape index (κ1) is 20.2. The van der Waals surface area contributed by atoms with Crippen molar-refractivity contribution in [3.05, 3.63) is 30.5 Å². The molecular weight excluding hydrogens is 356 g/mol. The van der Waals surface area contributed by atoms with Crippen molar-refractivity contribution in [2.75, 3.05) is 31.6 Å². The molecule has 0 unspecified atom stereocenters. The van der Waals surface area contributed by atoms with Crippen LogP contribution in [-0.4, -0.2) is 53.1 Å². The molecule has 1 saturated heterocycles. The number of likely N-dealkylation sites (tertiary alicyclic amines) is 1. The molecule has 1 aromatic heterocycles. The van der Waals surface area contributed by atoms with Crippen molar-refractivity contribution >= 4 is 11.8 Å². The number of piperidine rings is 1. The smallest absolute Gasteiger partial charge is 0.411 e. The summed E-state index contributed by atoms with van der Waals surface area (Å²) in [5, 5.41) is 7.03. The quantitative estimate of drug-likeness (QED) is 0.781. The lowest BCUT2D eigenvalue weighted by molar-refractivity contribution is 0.130. The van der Waals surface area contributed by atoms with Gasteiger partial charge in [-0.2, -0.15) is 5.10 Å². The minimum atomic E-state index is -0.468. The van der Waals surface area contributed by atoms with Crippen LogP contribution in [0.1, 0.15) is 33.1 Å². The molecule has 0 atom stereocenters. The number of carbonyl (C=O) groups excluding carboxylic acids is 1. The van der Waals surface area contributed by atoms with E-state index >= 15 is 0 Å². The van der Waals surface area contributed by atoms with Crippen molar-refractivity contribution in [1.82, 2.24) is 14.7 Å². The third kappa shape index (κ3) is 5.48. The molecule has 2 heterocycles. The summed E-state index contributed by atoms with van der Waals surface area (Å²) in [6, 6.07) is 7.55. The van der Waals surface area contributed by atoms with Gasteiger partial charge in [0.2, 0.25) is 0 Å². The number of aromatic nitrogens is 2. The Balaban J connectivity index is 1.73. The first-order chi connectivity index (χ1) is 13.5. The average Bonchev–Trinajstić information content (AvgIpc) is 3.08. The van der Waals surface area contributed by atoms with Gasteiger partial charge in [0.25, 0.3) is 0 Å². The van der Waals surface area contributed by atoms with Crippen LogP contribution in [0.5, 0.6) is 5.75 Å². The van der Waals surface area contributed by atoms with Crippen molar-refractivity contribution in [2.45, 2.75) is 39.2 Å². The van der Waals surface area contributed by atoms with Crippen molar-refractivity contribution < 1.29 is 14.3 Å². The number of carbonyl (C=O) groups is 1. The molecular formula is C21H30N4O3. The molecule has 0 saturated carbocycles. The van der Waals surface area contributed by atoms with Gasteiger partial charge in [-0.15, -0.1) is 0 Å². The second kappa shape index (κ2) is 9.59. The van der Waals surface area contributed by atoms with E-state index in [1.165, 1.54) is 19.3 Å². The minimum absolute atomic E-state index is 0.172. The fraction of sp³-hybridized carbons (Fsp3) is 0.524. The molecule has 1 aliphatic heterocycles. The normalized spacial score (nSPS) is 14.9. The highest BCUT2D eigenvalue weighted by molar-refractivity contribution is 5.86. The summed E-state index contributed by atoms with van der Waals surface area (Å²) in [4.78, 5) is 14.4. The molecule has 0 bridgehead atoms. The molecule has 152 valence electrons. The van der Waals surface area contributed by atoms with Gasteiger partial charge in [-0.05, 0) is 64.0 Å². The topological polar surface area (TPSA) is 68.6 Å². The van der Waals surface area contributed by atoms with Gasteiger partial charge in [0.15, 0.2) is 0 Å². The molecule has 7 nitrogen and oxygen atoms in total. The summed E-state index contributed by atoms with van der Waals surface area (Å²) < 4.78 is 13.1. The van der Waals surface area contributed by atoms with Crippen LogP contribution in [0.3, 0.4) is 0 Å². The number of ether oxygens (including phenoxy) is 2. The Kier molecular flexibility index (Phi) is 6.92. The van der Waals surface area contributed by atoms with E-state index in [0.717, 1.165) is 36.6 Å². The number of anilines is 1. The zero-order valence-corrected chi connectivity index (χ0v) is 17.0. The molecule has 7 heteroatoms. The van der Waals surface area contributed by atoms with Gasteiger partial charge in [0, 0.05) is 31.0 Å². The summed E-state index contributed by atoms with van der Waals surface area (Å²) in [6.45, 7) is 7.50. The number of hydrogen-bond acceptors (Lipinski definition) is 5. The maximum Gasteiger partial charge on any atom is 0.411 e. The number of aryl methyl sites for hydroxylation is 1. The Hall–Kier alpha value is -2.54. The van der Waals surface area contributed by atoms with E-state index in [2.05, 4.69) is 15.3 Å². The Morgan fingerprint density at radius 2 is 2.00 bits per heavy atom. The summed E-state index contributed by atoms with van der Waals surface area (Å²) in [5.41, 5.74) is 2.47. The third-order valence-corrected chi connectivity index (χ3v) is 4.78. The van der Waals surface area contributed by atoms with E-state index in [-0.39, 0.29) is 6.10 Å². The van der Waals surface area contributed by atoms with Crippen molar-refractivity contribution in [3.63, 3.8) is 0 Å². The standard InChI is InChI=1S/C21H30N4O3/c1-16(2)28-21(26)23-17-7-8-20(18(15-17)19-9-10-22-24(19)3)27-14-13-25-11-5-4-6-12-25/h7-10,15-16H,4-6,11-14H2,1-3H3,(H,23,26). The Morgan fingerprint density at radius 1 is 1.21 bits per heavy atom. The Labute approximate surface area is 166 Å². The SMILES string of the molecule is CC(C)OC(=O)Nc1ccc(OCCN2CCCCC2)c(-c2ccnn2C)c1. The summed E-state index contributed by atoms with van der Waals surface area (Å²) >= 11 is 0. The zero-order chi connectivity index (χ0) is 19.9. The Morgan fingerprint density at radius 3 is 2.68 bits per heavy atom. The third-order valence-electron chi connectivity index (χ3n) is 4.78. The maximum absolute atomic E-state index is 11.9. The van der Waals surface area contributed by atoms with Crippen LogP contribution >= 0.6 is 0 Å². The van der Waals surface area contributed by atoms with E-state index in [9.17, 15) is 4.79 Å². The summed E-state index contributed by atoms with van der Waals surface area (Å²) in [5.74, 6) is 0.781. The molecule has 1 aliphatic rings. The molecule has 0 radical (unpaired) electrons. The number of amides is 1. The number of rotatable bonds is 7. The van der Waals surface area contributed by atoms with Crippen LogP contribution in [0.15, 0.2) is 30.5 Å². The predicted molar refractivity (Wildman–Crippen MR) is 110 cm³/mol. The first-order valence-corrected chi connectivity index (χ1v) is 9.98. The van der Waals surface area contributed by atoms with Gasteiger partial charge in [0.1, 0.15) is 12.4 Å². The highest BCUT2D eigenvalue weighted by Gasteiger charge is 2.15. The van der Waals surface area contributed by atoms with Gasteiger partial charge in [-0.25, -0.2) is 4.79 Å². The van der Waals surface area contributed by atoms with Crippen LogP contribution in [0, 0.1) is 0 Å². The minimum Gasteiger partial charge on any atom is -0.492 e. The van der Waals surface area contributed by atoms with Crippen LogP contribution in [0.4, 0.5) is 10.5 Å². The Bertz CT molecular complexity index is 782. The lowest BCUT2D eigenvalue weighted by Gasteiger charge is -2.26. The molecule has 28 heavy (non-hydrogen) atoms. The molecule has 0 spiro atoms. The fourth-order valence-electron chi connectivity index (χ4n) is 3.40. The van der Waals surface area contributed by atoms with E-state index < -0.39 is 6.09 Å². The van der Waals surface area contributed by atoms with Gasteiger partial charge < -0.3 is 9.47 Å². The van der Waals surface area contributed by atoms with E-state index in [1.54, 1.807) is 10.9 Å². The maximum atomic E-state index is 11.9. The monoisotopic (exact) mass is 386 g/mol. The van der Waals surface area contributed by atoms with Crippen LogP contribution in [0.25, 0.3) is 11.3 Å². The van der Waals surface area contributed by atoms with E-state index in [1.807, 2.05) is 45.2 Å². The lowest BCUT2D eigenvalue weighted by Crippen LogP contribution is -2.33. The number of hydrogen-bond donors (Lipinski definition) is 1. The average molecular weight is 386 g/mol. The highest BCUT2D eigenvalue weighted by Crippen LogP contribution is 2.32. The molecule has 1 fully saturated rings. The molecule has 2 aromatic rings. The largest absolute Gasteiger partial charge is 0.492 e. The van der Waals surface area contributed by atoms with Crippen LogP contribution in [0.2, 0.25) is 0 Å². The van der Waals surface area contributed by atoms with Crippen LogP contribution < -0.4 is 10.1 Å². The first-order valence-electron chi connectivity index (χ1n) is 9.98. The lowest BCUT2D eigenvalue weighted by atomic mass is 10.1. The summed E-state index contributed by atoms with van der Waals surface area (Å²) in [6.07, 6.45) is 4.98. The van der Waals surface area contributed by atoms with Crippen LogP contribution in [-0.2, 0) is 11.8 Å². The second-order valence-electron chi connectivity index (χ2n) is 7.38. The number of nitrogens with one attached hydrogen (secondary N) is 1. The molecule has 1 amide bonds. The zero-order valence-electron chi connectivity index (χ0n) is 17.0. The fourth-order valence-corrected chi connectivity index (χ4v) is 3.40. The molecule has 0 aliphatic carbocycles. The molecule has 1 N–H and O–H groups in total.